The molecule has 0 amide bonds. The summed E-state index contributed by atoms with van der Waals surface area (Å²) >= 11 is 2.01. The summed E-state index contributed by atoms with van der Waals surface area (Å²) in [7, 11) is -2.12. The number of hydrogen-bond acceptors (Lipinski definition) is 5. The molecule has 0 spiro atoms. The molecule has 4 nitrogen and oxygen atoms in total. The quantitative estimate of drug-likeness (QED) is 0.399. The Labute approximate surface area is 131 Å². The molecule has 0 aromatic rings. The molecule has 0 radical (unpaired) electrons. The number of nitrogens with two attached hydrogens (primary N) is 1. The van der Waals surface area contributed by atoms with Gasteiger partial charge in [-0.3, -0.25) is 5.50 Å². The monoisotopic (exact) mass is 329 g/mol. The summed E-state index contributed by atoms with van der Waals surface area (Å²) in [5, 5.41) is 10.0. The zero-order valence-corrected chi connectivity index (χ0v) is 15.6. The Kier molecular flexibility index (Phi) is 28.0. The molecule has 0 fully saturated rings. The second-order valence-electron chi connectivity index (χ2n) is 5.05. The van der Waals surface area contributed by atoms with Crippen molar-refractivity contribution in [1.82, 2.24) is 0 Å². The molecule has 0 aliphatic carbocycles. The highest BCUT2D eigenvalue weighted by Gasteiger charge is 1.95. The lowest BCUT2D eigenvalue weighted by molar-refractivity contribution is 0.282. The van der Waals surface area contributed by atoms with Crippen molar-refractivity contribution in [3.05, 3.63) is 0 Å². The lowest BCUT2D eigenvalue weighted by Crippen LogP contribution is -1.94. The summed E-state index contributed by atoms with van der Waals surface area (Å²) in [5.74, 6) is 0. The predicted octanol–water partition coefficient (Wildman–Crippen LogP) is 4.03. The van der Waals surface area contributed by atoms with Gasteiger partial charge in [-0.15, -0.1) is 0 Å². The Hall–Kier alpha value is 0.620. The van der Waals surface area contributed by atoms with Crippen LogP contribution >= 0.6 is 20.3 Å². The maximum atomic E-state index is 8.42. The van der Waals surface area contributed by atoms with Gasteiger partial charge in [0, 0.05) is 6.61 Å². The molecule has 0 unspecified atom stereocenters. The zero-order chi connectivity index (χ0) is 16.4. The summed E-state index contributed by atoms with van der Waals surface area (Å²) < 4.78 is 0. The summed E-state index contributed by atoms with van der Waals surface area (Å²) in [5.41, 5.74) is 4.29. The number of aliphatic hydroxyl groups excluding tert-OH is 1. The number of aliphatic hydroxyl groups is 1. The molecule has 0 aliphatic heterocycles. The van der Waals surface area contributed by atoms with Crippen LogP contribution in [-0.4, -0.2) is 32.0 Å². The molecule has 0 aromatic heterocycles. The van der Waals surface area contributed by atoms with Gasteiger partial charge >= 0.3 is 0 Å². The maximum Gasteiger partial charge on any atom is 0.247 e. The summed E-state index contributed by atoms with van der Waals surface area (Å²) in [6.45, 7) is 11.5. The Balaban J connectivity index is -0.000000234. The van der Waals surface area contributed by atoms with Crippen molar-refractivity contribution >= 4 is 20.3 Å². The largest absolute Gasteiger partial charge is 0.396 e. The van der Waals surface area contributed by atoms with Crippen molar-refractivity contribution in [2.45, 2.75) is 83.6 Å². The van der Waals surface area contributed by atoms with Crippen LogP contribution in [0.25, 0.3) is 0 Å². The van der Waals surface area contributed by atoms with E-state index in [2.05, 4.69) is 40.1 Å². The van der Waals surface area contributed by atoms with Crippen LogP contribution in [0.5, 0.6) is 0 Å². The first-order chi connectivity index (χ1) is 9.27. The van der Waals surface area contributed by atoms with E-state index < -0.39 is 8.53 Å². The maximum absolute atomic E-state index is 8.42. The molecule has 6 heteroatoms. The molecule has 5 N–H and O–H groups in total. The molecule has 0 saturated heterocycles. The normalized spacial score (nSPS) is 10.2. The zero-order valence-electron chi connectivity index (χ0n) is 13.9. The highest BCUT2D eigenvalue weighted by atomic mass is 32.2. The third-order valence-electron chi connectivity index (χ3n) is 2.06. The lowest BCUT2D eigenvalue weighted by atomic mass is 10.1. The van der Waals surface area contributed by atoms with Gasteiger partial charge in [-0.1, -0.05) is 66.7 Å². The highest BCUT2D eigenvalue weighted by Crippen LogP contribution is 2.14. The molecule has 0 heterocycles. The standard InChI is InChI=1S/C8H18O.C6H14S.H4NO2P/c1-2-3-4-5-6-7-8-9;1-5(2)7-6(3)4;1-4(2)3/h9H,2-8H2,1H3;5-6H,1-4H3;2-3H,1H2. The smallest absolute Gasteiger partial charge is 0.247 e. The summed E-state index contributed by atoms with van der Waals surface area (Å²) in [4.78, 5) is 14.9. The van der Waals surface area contributed by atoms with Gasteiger partial charge in [-0.25, -0.2) is 0 Å². The average molecular weight is 329 g/mol. The molecular weight excluding hydrogens is 293 g/mol. The van der Waals surface area contributed by atoms with Gasteiger partial charge in [0.2, 0.25) is 8.53 Å². The highest BCUT2D eigenvalue weighted by molar-refractivity contribution is 8.00. The van der Waals surface area contributed by atoms with E-state index in [4.69, 9.17) is 14.9 Å². The average Bonchev–Trinajstić information content (AvgIpc) is 2.27. The first kappa shape index (κ1) is 25.6. The fraction of sp³-hybridized carbons (Fsp3) is 1.00. The number of hydrogen-bond donors (Lipinski definition) is 4. The SMILES string of the molecule is CC(C)SC(C)C.CCCCCCCCO.NP(O)O. The van der Waals surface area contributed by atoms with Crippen LogP contribution in [0.2, 0.25) is 0 Å². The first-order valence-corrected chi connectivity index (χ1v) is 9.72. The summed E-state index contributed by atoms with van der Waals surface area (Å²) in [6, 6.07) is 0. The molecule has 0 bridgehead atoms. The van der Waals surface area contributed by atoms with Crippen LogP contribution < -0.4 is 5.50 Å². The molecular formula is C14H36NO3PS. The van der Waals surface area contributed by atoms with E-state index in [1.807, 2.05) is 11.8 Å². The first-order valence-electron chi connectivity index (χ1n) is 7.46. The third-order valence-corrected chi connectivity index (χ3v) is 3.14. The lowest BCUT2D eigenvalue weighted by Gasteiger charge is -2.05. The fourth-order valence-corrected chi connectivity index (χ4v) is 2.53. The summed E-state index contributed by atoms with van der Waals surface area (Å²) in [6.07, 6.45) is 7.50. The van der Waals surface area contributed by atoms with E-state index in [9.17, 15) is 0 Å². The molecule has 0 saturated carbocycles. The molecule has 0 aliphatic rings. The van der Waals surface area contributed by atoms with E-state index in [0.29, 0.717) is 6.61 Å². The molecule has 0 aromatic carbocycles. The Bertz CT molecular complexity index is 147. The Morgan fingerprint density at radius 1 is 0.900 bits per heavy atom. The second kappa shape index (κ2) is 21.9. The second-order valence-corrected chi connectivity index (χ2v) is 7.84. The van der Waals surface area contributed by atoms with E-state index >= 15 is 0 Å². The van der Waals surface area contributed by atoms with Crippen molar-refractivity contribution < 1.29 is 14.9 Å². The molecule has 0 atom stereocenters. The van der Waals surface area contributed by atoms with Crippen LogP contribution in [-0.2, 0) is 0 Å². The van der Waals surface area contributed by atoms with Gasteiger partial charge in [0.15, 0.2) is 0 Å². The van der Waals surface area contributed by atoms with Crippen LogP contribution in [0.1, 0.15) is 73.1 Å². The number of rotatable bonds is 8. The number of thioether (sulfide) groups is 1. The minimum Gasteiger partial charge on any atom is -0.396 e. The van der Waals surface area contributed by atoms with E-state index in [0.717, 1.165) is 16.9 Å². The van der Waals surface area contributed by atoms with E-state index in [1.54, 1.807) is 0 Å². The minimum atomic E-state index is -2.12. The van der Waals surface area contributed by atoms with Crippen LogP contribution in [0.15, 0.2) is 0 Å². The van der Waals surface area contributed by atoms with E-state index in [1.165, 1.54) is 32.1 Å². The molecule has 126 valence electrons. The van der Waals surface area contributed by atoms with Gasteiger partial charge < -0.3 is 14.9 Å². The molecule has 20 heavy (non-hydrogen) atoms. The Morgan fingerprint density at radius 2 is 1.25 bits per heavy atom. The molecule has 0 rings (SSSR count). The van der Waals surface area contributed by atoms with Crippen molar-refractivity contribution in [2.24, 2.45) is 5.50 Å². The topological polar surface area (TPSA) is 86.7 Å². The van der Waals surface area contributed by atoms with Gasteiger partial charge in [0.1, 0.15) is 0 Å². The predicted molar refractivity (Wildman–Crippen MR) is 93.9 cm³/mol. The van der Waals surface area contributed by atoms with Gasteiger partial charge in [0.05, 0.1) is 0 Å². The van der Waals surface area contributed by atoms with Crippen LogP contribution in [0.4, 0.5) is 0 Å². The van der Waals surface area contributed by atoms with Gasteiger partial charge in [-0.05, 0) is 16.9 Å². The van der Waals surface area contributed by atoms with Crippen molar-refractivity contribution in [3.8, 4) is 0 Å². The van der Waals surface area contributed by atoms with Gasteiger partial charge in [-0.2, -0.15) is 11.8 Å². The van der Waals surface area contributed by atoms with Crippen molar-refractivity contribution in [1.29, 1.82) is 0 Å². The van der Waals surface area contributed by atoms with Crippen LogP contribution in [0, 0.1) is 0 Å². The van der Waals surface area contributed by atoms with Crippen molar-refractivity contribution in [3.63, 3.8) is 0 Å². The minimum absolute atomic E-state index is 0.367. The fourth-order valence-electron chi connectivity index (χ4n) is 1.44. The third kappa shape index (κ3) is 51.3. The Morgan fingerprint density at radius 3 is 1.50 bits per heavy atom. The van der Waals surface area contributed by atoms with E-state index in [-0.39, 0.29) is 0 Å². The number of unbranched alkanes of at least 4 members (excludes halogenated alkanes) is 5. The van der Waals surface area contributed by atoms with Crippen LogP contribution in [0.3, 0.4) is 0 Å². The van der Waals surface area contributed by atoms with Gasteiger partial charge in [0.25, 0.3) is 0 Å². The van der Waals surface area contributed by atoms with Crippen molar-refractivity contribution in [2.75, 3.05) is 6.61 Å².